The molecule has 0 saturated heterocycles. The second-order valence-electron chi connectivity index (χ2n) is 8.43. The van der Waals surface area contributed by atoms with Crippen molar-refractivity contribution in [1.29, 1.82) is 0 Å². The number of benzene rings is 1. The van der Waals surface area contributed by atoms with Crippen molar-refractivity contribution in [2.75, 3.05) is 5.73 Å². The number of nitrogens with two attached hydrogens (primary N) is 1. The molecule has 4 aliphatic carbocycles. The van der Waals surface area contributed by atoms with E-state index in [0.29, 0.717) is 29.0 Å². The van der Waals surface area contributed by atoms with Crippen LogP contribution in [0.4, 0.5) is 5.69 Å². The van der Waals surface area contributed by atoms with Gasteiger partial charge in [-0.05, 0) is 74.5 Å². The van der Waals surface area contributed by atoms with E-state index in [0.717, 1.165) is 24.8 Å². The normalized spacial score (nSPS) is 34.1. The van der Waals surface area contributed by atoms with Gasteiger partial charge in [0.25, 0.3) is 0 Å². The Balaban J connectivity index is 1.68. The van der Waals surface area contributed by atoms with Gasteiger partial charge in [-0.25, -0.2) is 9.36 Å². The highest BCUT2D eigenvalue weighted by Gasteiger charge is 2.55. The van der Waals surface area contributed by atoms with Gasteiger partial charge in [0.15, 0.2) is 0 Å². The Labute approximate surface area is 140 Å². The van der Waals surface area contributed by atoms with Gasteiger partial charge in [-0.15, -0.1) is 0 Å². The van der Waals surface area contributed by atoms with E-state index < -0.39 is 0 Å². The van der Waals surface area contributed by atoms with Crippen LogP contribution in [0.5, 0.6) is 0 Å². The van der Waals surface area contributed by atoms with E-state index in [1.165, 1.54) is 23.8 Å². The maximum absolute atomic E-state index is 13.6. The average molecular weight is 325 g/mol. The first-order chi connectivity index (χ1) is 11.5. The van der Waals surface area contributed by atoms with Crippen LogP contribution in [0.2, 0.25) is 0 Å². The Morgan fingerprint density at radius 2 is 1.67 bits per heavy atom. The van der Waals surface area contributed by atoms with Crippen LogP contribution in [0.15, 0.2) is 23.0 Å². The Bertz CT molecular complexity index is 885. The van der Waals surface area contributed by atoms with Crippen molar-refractivity contribution >= 4 is 22.6 Å². The number of carbonyl (C=O) groups excluding carboxylic acids is 1. The lowest BCUT2D eigenvalue weighted by Crippen LogP contribution is -2.52. The van der Waals surface area contributed by atoms with E-state index >= 15 is 0 Å². The lowest BCUT2D eigenvalue weighted by Gasteiger charge is -2.55. The quantitative estimate of drug-likeness (QED) is 0.820. The zero-order valence-electron chi connectivity index (χ0n) is 14.0. The van der Waals surface area contributed by atoms with E-state index in [2.05, 4.69) is 0 Å². The number of hydrogen-bond acceptors (Lipinski definition) is 3. The van der Waals surface area contributed by atoms with Crippen LogP contribution in [0, 0.1) is 23.2 Å². The third-order valence-electron chi connectivity index (χ3n) is 6.77. The molecule has 0 radical (unpaired) electrons. The molecule has 4 aliphatic rings. The molecule has 2 N–H and O–H groups in total. The van der Waals surface area contributed by atoms with Crippen LogP contribution in [-0.2, 0) is 7.05 Å². The van der Waals surface area contributed by atoms with Crippen molar-refractivity contribution in [2.45, 2.75) is 38.5 Å². The monoisotopic (exact) mass is 325 g/mol. The number of aryl methyl sites for hydroxylation is 1. The molecule has 6 rings (SSSR count). The minimum Gasteiger partial charge on any atom is -0.399 e. The van der Waals surface area contributed by atoms with Gasteiger partial charge in [0.2, 0.25) is 5.91 Å². The lowest BCUT2D eigenvalue weighted by atomic mass is 9.49. The summed E-state index contributed by atoms with van der Waals surface area (Å²) < 4.78 is 2.98. The van der Waals surface area contributed by atoms with Crippen molar-refractivity contribution < 1.29 is 4.79 Å². The summed E-state index contributed by atoms with van der Waals surface area (Å²) in [6.45, 7) is 0. The number of rotatable bonds is 1. The van der Waals surface area contributed by atoms with Crippen LogP contribution in [0.1, 0.15) is 43.3 Å². The van der Waals surface area contributed by atoms with Gasteiger partial charge in [-0.3, -0.25) is 9.36 Å². The average Bonchev–Trinajstić information content (AvgIpc) is 2.76. The van der Waals surface area contributed by atoms with Gasteiger partial charge < -0.3 is 5.73 Å². The van der Waals surface area contributed by atoms with E-state index in [4.69, 9.17) is 5.73 Å². The molecule has 5 nitrogen and oxygen atoms in total. The lowest BCUT2D eigenvalue weighted by molar-refractivity contribution is -0.0400. The number of carbonyl (C=O) groups is 1. The second kappa shape index (κ2) is 4.52. The summed E-state index contributed by atoms with van der Waals surface area (Å²) in [4.78, 5) is 26.4. The largest absolute Gasteiger partial charge is 0.399 e. The predicted octanol–water partition coefficient (Wildman–Crippen LogP) is 2.78. The minimum absolute atomic E-state index is 0.0165. The number of fused-ring (bicyclic) bond motifs is 1. The summed E-state index contributed by atoms with van der Waals surface area (Å²) in [5.74, 6) is 2.05. The van der Waals surface area contributed by atoms with Gasteiger partial charge in [-0.2, -0.15) is 0 Å². The first-order valence-corrected chi connectivity index (χ1v) is 8.99. The maximum Gasteiger partial charge on any atom is 0.335 e. The zero-order chi connectivity index (χ0) is 16.6. The molecule has 1 heterocycles. The Hall–Kier alpha value is -2.04. The second-order valence-corrected chi connectivity index (χ2v) is 8.43. The van der Waals surface area contributed by atoms with Crippen molar-refractivity contribution in [1.82, 2.24) is 9.13 Å². The van der Waals surface area contributed by atoms with Gasteiger partial charge in [0, 0.05) is 12.7 Å². The molecular formula is C19H23N3O2. The topological polar surface area (TPSA) is 70.0 Å². The molecule has 1 aromatic carbocycles. The van der Waals surface area contributed by atoms with Crippen LogP contribution in [-0.4, -0.2) is 15.0 Å². The number of anilines is 1. The Morgan fingerprint density at radius 1 is 1.08 bits per heavy atom. The summed E-state index contributed by atoms with van der Waals surface area (Å²) in [6, 6.07) is 5.37. The highest BCUT2D eigenvalue weighted by Crippen LogP contribution is 2.60. The fourth-order valence-corrected chi connectivity index (χ4v) is 6.17. The van der Waals surface area contributed by atoms with Gasteiger partial charge >= 0.3 is 5.69 Å². The zero-order valence-corrected chi connectivity index (χ0v) is 14.0. The van der Waals surface area contributed by atoms with Gasteiger partial charge in [0.1, 0.15) is 0 Å². The summed E-state index contributed by atoms with van der Waals surface area (Å²) in [5, 5.41) is 0. The summed E-state index contributed by atoms with van der Waals surface area (Å²) in [6.07, 6.45) is 6.73. The first-order valence-electron chi connectivity index (χ1n) is 8.99. The molecule has 1 aromatic heterocycles. The number of aromatic nitrogens is 2. The van der Waals surface area contributed by atoms with Crippen LogP contribution >= 0.6 is 0 Å². The Kier molecular flexibility index (Phi) is 2.70. The molecule has 0 unspecified atom stereocenters. The molecule has 2 aromatic rings. The van der Waals surface area contributed by atoms with Crippen LogP contribution in [0.3, 0.4) is 0 Å². The highest BCUT2D eigenvalue weighted by atomic mass is 16.2. The van der Waals surface area contributed by atoms with Crippen molar-refractivity contribution in [3.05, 3.63) is 28.7 Å². The first kappa shape index (κ1) is 14.3. The minimum atomic E-state index is -0.322. The van der Waals surface area contributed by atoms with Crippen molar-refractivity contribution in [3.63, 3.8) is 0 Å². The number of imidazole rings is 1. The molecule has 4 saturated carbocycles. The summed E-state index contributed by atoms with van der Waals surface area (Å²) in [7, 11) is 1.73. The standard InChI is InChI=1S/C19H23N3O2/c1-21-15-3-2-14(20)7-16(15)22(18(21)24)17(23)19-8-11-4-12(9-19)6-13(5-11)10-19/h2-3,7,11-13H,4-6,8-10,20H2,1H3. The fraction of sp³-hybridized carbons (Fsp3) is 0.579. The fourth-order valence-electron chi connectivity index (χ4n) is 6.17. The molecule has 126 valence electrons. The third kappa shape index (κ3) is 1.75. The molecule has 0 aliphatic heterocycles. The van der Waals surface area contributed by atoms with E-state index in [1.54, 1.807) is 23.7 Å². The Morgan fingerprint density at radius 3 is 2.25 bits per heavy atom. The van der Waals surface area contributed by atoms with E-state index in [1.807, 2.05) is 6.07 Å². The van der Waals surface area contributed by atoms with Crippen molar-refractivity contribution in [2.24, 2.45) is 30.2 Å². The van der Waals surface area contributed by atoms with E-state index in [-0.39, 0.29) is 17.0 Å². The summed E-state index contributed by atoms with van der Waals surface area (Å²) >= 11 is 0. The molecule has 5 heteroatoms. The molecule has 0 spiro atoms. The SMILES string of the molecule is Cn1c(=O)n(C(=O)C23CC4CC(CC(C4)C2)C3)c2cc(N)ccc21. The van der Waals surface area contributed by atoms with Crippen LogP contribution < -0.4 is 11.4 Å². The third-order valence-corrected chi connectivity index (χ3v) is 6.77. The summed E-state index contributed by atoms with van der Waals surface area (Å²) in [5.41, 5.74) is 7.37. The van der Waals surface area contributed by atoms with Crippen LogP contribution in [0.25, 0.3) is 11.0 Å². The molecule has 4 fully saturated rings. The number of nitrogens with zero attached hydrogens (tertiary/aromatic N) is 2. The molecule has 24 heavy (non-hydrogen) atoms. The highest BCUT2D eigenvalue weighted by molar-refractivity contribution is 5.95. The molecule has 0 atom stereocenters. The number of hydrogen-bond donors (Lipinski definition) is 1. The predicted molar refractivity (Wildman–Crippen MR) is 92.8 cm³/mol. The molecular weight excluding hydrogens is 302 g/mol. The maximum atomic E-state index is 13.6. The molecule has 0 amide bonds. The smallest absolute Gasteiger partial charge is 0.335 e. The van der Waals surface area contributed by atoms with E-state index in [9.17, 15) is 9.59 Å². The molecule has 4 bridgehead atoms. The van der Waals surface area contributed by atoms with Gasteiger partial charge in [-0.1, -0.05) is 0 Å². The van der Waals surface area contributed by atoms with Crippen molar-refractivity contribution in [3.8, 4) is 0 Å². The number of nitrogen functional groups attached to an aromatic ring is 1. The van der Waals surface area contributed by atoms with Gasteiger partial charge in [0.05, 0.1) is 16.4 Å².